The molecular formula is C14H10O4. The van der Waals surface area contributed by atoms with Crippen molar-refractivity contribution in [2.75, 3.05) is 0 Å². The maximum atomic E-state index is 12.1. The van der Waals surface area contributed by atoms with Gasteiger partial charge in [0.1, 0.15) is 11.5 Å². The Balaban J connectivity index is 2.53. The first-order valence-electron chi connectivity index (χ1n) is 5.25. The number of hydrogen-bond acceptors (Lipinski definition) is 4. The highest BCUT2D eigenvalue weighted by Crippen LogP contribution is 2.30. The van der Waals surface area contributed by atoms with E-state index in [-0.39, 0.29) is 16.9 Å². The number of hydrogen-bond donors (Lipinski definition) is 2. The van der Waals surface area contributed by atoms with Gasteiger partial charge in [0.25, 0.3) is 0 Å². The fourth-order valence-corrected chi connectivity index (χ4v) is 1.64. The highest BCUT2D eigenvalue weighted by atomic mass is 16.3. The number of phenolic OH excluding ortho intramolecular Hbond substituents is 2. The van der Waals surface area contributed by atoms with E-state index in [1.54, 1.807) is 30.3 Å². The zero-order chi connectivity index (χ0) is 13.1. The molecule has 0 saturated carbocycles. The zero-order valence-electron chi connectivity index (χ0n) is 9.33. The minimum atomic E-state index is -0.501. The van der Waals surface area contributed by atoms with Crippen LogP contribution in [0, 0.1) is 0 Å². The van der Waals surface area contributed by atoms with Crippen molar-refractivity contribution < 1.29 is 19.8 Å². The lowest BCUT2D eigenvalue weighted by Gasteiger charge is -2.07. The van der Waals surface area contributed by atoms with Crippen LogP contribution in [-0.4, -0.2) is 22.3 Å². The molecule has 0 bridgehead atoms. The van der Waals surface area contributed by atoms with Gasteiger partial charge in [0.15, 0.2) is 12.1 Å². The summed E-state index contributed by atoms with van der Waals surface area (Å²) >= 11 is 0. The van der Waals surface area contributed by atoms with Crippen LogP contribution in [0.2, 0.25) is 0 Å². The van der Waals surface area contributed by atoms with Gasteiger partial charge in [-0.15, -0.1) is 0 Å². The minimum Gasteiger partial charge on any atom is -0.507 e. The molecule has 90 valence electrons. The summed E-state index contributed by atoms with van der Waals surface area (Å²) in [4.78, 5) is 22.8. The molecule has 4 heteroatoms. The van der Waals surface area contributed by atoms with Gasteiger partial charge in [-0.25, -0.2) is 0 Å². The molecule has 2 aromatic rings. The first-order valence-corrected chi connectivity index (χ1v) is 5.25. The average Bonchev–Trinajstić information content (AvgIpc) is 2.40. The van der Waals surface area contributed by atoms with E-state index in [2.05, 4.69) is 0 Å². The van der Waals surface area contributed by atoms with Gasteiger partial charge < -0.3 is 10.2 Å². The fourth-order valence-electron chi connectivity index (χ4n) is 1.64. The van der Waals surface area contributed by atoms with Crippen LogP contribution in [0.3, 0.4) is 0 Å². The van der Waals surface area contributed by atoms with Crippen LogP contribution < -0.4 is 0 Å². The number of phenols is 2. The van der Waals surface area contributed by atoms with Crippen LogP contribution in [0.25, 0.3) is 0 Å². The van der Waals surface area contributed by atoms with E-state index in [0.717, 1.165) is 0 Å². The number of carbonyl (C=O) groups is 2. The molecule has 0 spiro atoms. The Kier molecular flexibility index (Phi) is 3.10. The average molecular weight is 242 g/mol. The molecule has 0 unspecified atom stereocenters. The van der Waals surface area contributed by atoms with Crippen molar-refractivity contribution in [3.63, 3.8) is 0 Å². The molecule has 0 aliphatic rings. The van der Waals surface area contributed by atoms with Crippen LogP contribution in [-0.2, 0) is 0 Å². The molecule has 0 radical (unpaired) electrons. The third-order valence-corrected chi connectivity index (χ3v) is 2.59. The first-order chi connectivity index (χ1) is 8.65. The van der Waals surface area contributed by atoms with Crippen molar-refractivity contribution in [2.24, 2.45) is 0 Å². The van der Waals surface area contributed by atoms with E-state index < -0.39 is 11.5 Å². The van der Waals surface area contributed by atoms with Gasteiger partial charge in [-0.05, 0) is 12.1 Å². The van der Waals surface area contributed by atoms with E-state index in [0.29, 0.717) is 11.8 Å². The third-order valence-electron chi connectivity index (χ3n) is 2.59. The van der Waals surface area contributed by atoms with Gasteiger partial charge in [0.2, 0.25) is 0 Å². The summed E-state index contributed by atoms with van der Waals surface area (Å²) in [6.45, 7) is 0. The summed E-state index contributed by atoms with van der Waals surface area (Å²) in [6.07, 6.45) is 0.312. The molecule has 2 N–H and O–H groups in total. The van der Waals surface area contributed by atoms with E-state index >= 15 is 0 Å². The van der Waals surface area contributed by atoms with Crippen LogP contribution in [0.15, 0.2) is 42.5 Å². The Morgan fingerprint density at radius 1 is 1.00 bits per heavy atom. The summed E-state index contributed by atoms with van der Waals surface area (Å²) in [5, 5.41) is 19.2. The van der Waals surface area contributed by atoms with Crippen LogP contribution in [0.1, 0.15) is 26.3 Å². The van der Waals surface area contributed by atoms with E-state index in [9.17, 15) is 19.8 Å². The third kappa shape index (κ3) is 1.96. The quantitative estimate of drug-likeness (QED) is 0.638. The second-order valence-electron chi connectivity index (χ2n) is 3.71. The number of aldehydes is 1. The molecule has 4 nitrogen and oxygen atoms in total. The summed E-state index contributed by atoms with van der Waals surface area (Å²) in [7, 11) is 0. The maximum Gasteiger partial charge on any atom is 0.196 e. The minimum absolute atomic E-state index is 0.0129. The van der Waals surface area contributed by atoms with Gasteiger partial charge in [0, 0.05) is 5.56 Å². The molecular weight excluding hydrogens is 232 g/mol. The summed E-state index contributed by atoms with van der Waals surface area (Å²) in [6, 6.07) is 10.9. The lowest BCUT2D eigenvalue weighted by Crippen LogP contribution is -2.02. The van der Waals surface area contributed by atoms with Crippen LogP contribution in [0.4, 0.5) is 0 Å². The van der Waals surface area contributed by atoms with Crippen molar-refractivity contribution in [3.8, 4) is 11.5 Å². The molecule has 2 aromatic carbocycles. The molecule has 0 amide bonds. The molecule has 0 fully saturated rings. The van der Waals surface area contributed by atoms with Crippen molar-refractivity contribution in [1.82, 2.24) is 0 Å². The van der Waals surface area contributed by atoms with Crippen molar-refractivity contribution in [2.45, 2.75) is 0 Å². The smallest absolute Gasteiger partial charge is 0.196 e. The molecule has 0 aliphatic heterocycles. The molecule has 0 saturated heterocycles. The number of carbonyl (C=O) groups excluding carboxylic acids is 2. The Morgan fingerprint density at radius 3 is 2.28 bits per heavy atom. The molecule has 0 heterocycles. The second kappa shape index (κ2) is 4.71. The Hall–Kier alpha value is -2.62. The summed E-state index contributed by atoms with van der Waals surface area (Å²) in [5.41, 5.74) is 0.105. The maximum absolute atomic E-state index is 12.1. The normalized spacial score (nSPS) is 10.0. The number of benzene rings is 2. The van der Waals surface area contributed by atoms with Crippen LogP contribution in [0.5, 0.6) is 11.5 Å². The van der Waals surface area contributed by atoms with Crippen molar-refractivity contribution >= 4 is 12.1 Å². The number of aromatic hydroxyl groups is 2. The highest BCUT2D eigenvalue weighted by Gasteiger charge is 2.18. The molecule has 0 aliphatic carbocycles. The Morgan fingerprint density at radius 2 is 1.67 bits per heavy atom. The van der Waals surface area contributed by atoms with Crippen molar-refractivity contribution in [3.05, 3.63) is 59.2 Å². The van der Waals surface area contributed by atoms with Gasteiger partial charge in [0.05, 0.1) is 11.1 Å². The van der Waals surface area contributed by atoms with Crippen molar-refractivity contribution in [1.29, 1.82) is 0 Å². The first kappa shape index (κ1) is 11.9. The lowest BCUT2D eigenvalue weighted by molar-refractivity contribution is 0.103. The predicted molar refractivity (Wildman–Crippen MR) is 65.0 cm³/mol. The lowest BCUT2D eigenvalue weighted by atomic mass is 10.00. The van der Waals surface area contributed by atoms with Gasteiger partial charge in [-0.3, -0.25) is 9.59 Å². The fraction of sp³-hybridized carbons (Fsp3) is 0. The molecule has 0 atom stereocenters. The Labute approximate surface area is 103 Å². The largest absolute Gasteiger partial charge is 0.507 e. The molecule has 2 rings (SSSR count). The van der Waals surface area contributed by atoms with Gasteiger partial charge in [-0.1, -0.05) is 30.3 Å². The standard InChI is InChI=1S/C14H10O4/c15-8-11-12(16)7-6-10(14(11)18)13(17)9-4-2-1-3-5-9/h1-8,16,18H. The molecule has 18 heavy (non-hydrogen) atoms. The summed E-state index contributed by atoms with van der Waals surface area (Å²) in [5.74, 6) is -1.26. The van der Waals surface area contributed by atoms with E-state index in [1.165, 1.54) is 12.1 Å². The van der Waals surface area contributed by atoms with E-state index in [4.69, 9.17) is 0 Å². The highest BCUT2D eigenvalue weighted by molar-refractivity contribution is 6.12. The zero-order valence-corrected chi connectivity index (χ0v) is 9.33. The Bertz CT molecular complexity index is 603. The molecule has 0 aromatic heterocycles. The van der Waals surface area contributed by atoms with Crippen LogP contribution >= 0.6 is 0 Å². The topological polar surface area (TPSA) is 74.6 Å². The number of ketones is 1. The number of rotatable bonds is 3. The SMILES string of the molecule is O=Cc1c(O)ccc(C(=O)c2ccccc2)c1O. The van der Waals surface area contributed by atoms with Gasteiger partial charge in [-0.2, -0.15) is 0 Å². The van der Waals surface area contributed by atoms with Gasteiger partial charge >= 0.3 is 0 Å². The monoisotopic (exact) mass is 242 g/mol. The second-order valence-corrected chi connectivity index (χ2v) is 3.71. The van der Waals surface area contributed by atoms with E-state index in [1.807, 2.05) is 0 Å². The summed E-state index contributed by atoms with van der Waals surface area (Å²) < 4.78 is 0. The predicted octanol–water partition coefficient (Wildman–Crippen LogP) is 2.14.